The van der Waals surface area contributed by atoms with Gasteiger partial charge in [-0.25, -0.2) is 9.67 Å². The van der Waals surface area contributed by atoms with Crippen LogP contribution in [-0.2, 0) is 17.8 Å². The highest BCUT2D eigenvalue weighted by Crippen LogP contribution is 2.31. The van der Waals surface area contributed by atoms with Gasteiger partial charge in [0.15, 0.2) is 5.13 Å². The van der Waals surface area contributed by atoms with Gasteiger partial charge in [-0.15, -0.1) is 16.4 Å². The van der Waals surface area contributed by atoms with Crippen LogP contribution in [-0.4, -0.2) is 32.5 Å². The van der Waals surface area contributed by atoms with Crippen LogP contribution in [0.1, 0.15) is 12.0 Å². The molecule has 2 aromatic carbocycles. The summed E-state index contributed by atoms with van der Waals surface area (Å²) in [4.78, 5) is 29.3. The average Bonchev–Trinajstić information content (AvgIpc) is 3.42. The molecular weight excluding hydrogens is 402 g/mol. The van der Waals surface area contributed by atoms with Gasteiger partial charge in [0.05, 0.1) is 24.2 Å². The third kappa shape index (κ3) is 3.55. The highest BCUT2D eigenvalue weighted by Gasteiger charge is 2.15. The number of aryl methyl sites for hydroxylation is 1. The van der Waals surface area contributed by atoms with Crippen LogP contribution in [0.5, 0.6) is 5.75 Å². The highest BCUT2D eigenvalue weighted by molar-refractivity contribution is 7.14. The maximum atomic E-state index is 12.4. The number of nitrogens with one attached hydrogen (secondary N) is 1. The molecule has 0 saturated carbocycles. The lowest BCUT2D eigenvalue weighted by molar-refractivity contribution is -0.116. The first-order chi connectivity index (χ1) is 14.7. The Bertz CT molecular complexity index is 1310. The maximum absolute atomic E-state index is 12.4. The first-order valence-corrected chi connectivity index (χ1v) is 10.4. The minimum atomic E-state index is -0.259. The molecule has 1 aliphatic rings. The van der Waals surface area contributed by atoms with Crippen molar-refractivity contribution in [2.75, 3.05) is 11.9 Å². The second-order valence-corrected chi connectivity index (χ2v) is 7.75. The molecular formula is C21H17N5O3S. The molecule has 4 aromatic rings. The predicted molar refractivity (Wildman–Crippen MR) is 114 cm³/mol. The van der Waals surface area contributed by atoms with Gasteiger partial charge in [-0.3, -0.25) is 9.59 Å². The third-order valence-electron chi connectivity index (χ3n) is 4.92. The third-order valence-corrected chi connectivity index (χ3v) is 5.67. The molecule has 30 heavy (non-hydrogen) atoms. The van der Waals surface area contributed by atoms with E-state index in [4.69, 9.17) is 4.74 Å². The maximum Gasteiger partial charge on any atom is 0.277 e. The lowest BCUT2D eigenvalue weighted by atomic mass is 10.1. The van der Waals surface area contributed by atoms with E-state index < -0.39 is 0 Å². The number of nitrogens with zero attached hydrogens (tertiary/aromatic N) is 4. The zero-order valence-electron chi connectivity index (χ0n) is 15.9. The number of carbonyl (C=O) groups is 1. The number of rotatable bonds is 5. The van der Waals surface area contributed by atoms with Crippen molar-refractivity contribution < 1.29 is 9.53 Å². The van der Waals surface area contributed by atoms with Crippen molar-refractivity contribution in [3.05, 3.63) is 63.8 Å². The number of carbonyl (C=O) groups excluding carboxylic acids is 1. The zero-order chi connectivity index (χ0) is 20.5. The summed E-state index contributed by atoms with van der Waals surface area (Å²) in [7, 11) is 0. The smallest absolute Gasteiger partial charge is 0.277 e. The molecule has 0 fully saturated rings. The van der Waals surface area contributed by atoms with Crippen molar-refractivity contribution in [3.8, 4) is 17.0 Å². The van der Waals surface area contributed by atoms with Crippen LogP contribution in [0.15, 0.2) is 52.6 Å². The fraction of sp³-hybridized carbons (Fsp3) is 0.190. The van der Waals surface area contributed by atoms with E-state index in [0.29, 0.717) is 22.6 Å². The molecule has 3 heterocycles. The van der Waals surface area contributed by atoms with Gasteiger partial charge in [0.1, 0.15) is 11.3 Å². The number of benzene rings is 2. The number of hydrogen-bond donors (Lipinski definition) is 1. The number of fused-ring (bicyclic) bond motifs is 2. The molecule has 0 bridgehead atoms. The van der Waals surface area contributed by atoms with E-state index >= 15 is 0 Å². The number of aromatic nitrogens is 4. The number of anilines is 1. The van der Waals surface area contributed by atoms with E-state index in [1.54, 1.807) is 24.3 Å². The summed E-state index contributed by atoms with van der Waals surface area (Å²) in [5.41, 5.74) is 3.26. The van der Waals surface area contributed by atoms with Crippen LogP contribution < -0.4 is 15.6 Å². The van der Waals surface area contributed by atoms with Gasteiger partial charge in [-0.1, -0.05) is 17.3 Å². The zero-order valence-corrected chi connectivity index (χ0v) is 16.7. The van der Waals surface area contributed by atoms with Gasteiger partial charge in [0.2, 0.25) is 5.91 Å². The number of hydrogen-bond acceptors (Lipinski definition) is 7. The number of thiazole rings is 1. The monoisotopic (exact) mass is 419 g/mol. The predicted octanol–water partition coefficient (Wildman–Crippen LogP) is 2.88. The molecule has 1 amide bonds. The Hall–Kier alpha value is -3.59. The SMILES string of the molecule is O=C(CCn1nnc2ccccc2c1=O)Nc1nc(-c2ccc3c(c2)CCO3)cs1. The summed E-state index contributed by atoms with van der Waals surface area (Å²) in [6.45, 7) is 0.855. The van der Waals surface area contributed by atoms with Crippen molar-refractivity contribution in [3.63, 3.8) is 0 Å². The molecule has 0 spiro atoms. The summed E-state index contributed by atoms with van der Waals surface area (Å²) in [6.07, 6.45) is 0.992. The van der Waals surface area contributed by atoms with Crippen LogP contribution in [0.3, 0.4) is 0 Å². The average molecular weight is 419 g/mol. The van der Waals surface area contributed by atoms with Crippen molar-refractivity contribution in [2.24, 2.45) is 0 Å². The summed E-state index contributed by atoms with van der Waals surface area (Å²) in [5, 5.41) is 13.6. The van der Waals surface area contributed by atoms with E-state index in [2.05, 4.69) is 26.7 Å². The Balaban J connectivity index is 1.24. The lowest BCUT2D eigenvalue weighted by Gasteiger charge is -2.05. The standard InChI is InChI=1S/C21H17N5O3S/c27-19(7-9-26-20(28)15-3-1-2-4-16(15)24-25-26)23-21-22-17(12-30-21)13-5-6-18-14(11-13)8-10-29-18/h1-6,11-12H,7-10H2,(H,22,23,27). The molecule has 150 valence electrons. The fourth-order valence-corrected chi connectivity index (χ4v) is 4.10. The van der Waals surface area contributed by atoms with E-state index in [-0.39, 0.29) is 24.4 Å². The number of ether oxygens (including phenoxy) is 1. The largest absolute Gasteiger partial charge is 0.493 e. The summed E-state index contributed by atoms with van der Waals surface area (Å²) < 4.78 is 6.74. The normalized spacial score (nSPS) is 12.5. The summed E-state index contributed by atoms with van der Waals surface area (Å²) >= 11 is 1.36. The van der Waals surface area contributed by atoms with Crippen molar-refractivity contribution >= 4 is 33.3 Å². The first-order valence-electron chi connectivity index (χ1n) is 9.51. The van der Waals surface area contributed by atoms with Crippen LogP contribution in [0.25, 0.3) is 22.2 Å². The second-order valence-electron chi connectivity index (χ2n) is 6.89. The first kappa shape index (κ1) is 18.4. The molecule has 2 aromatic heterocycles. The fourth-order valence-electron chi connectivity index (χ4n) is 3.37. The minimum absolute atomic E-state index is 0.0953. The second kappa shape index (κ2) is 7.68. The van der Waals surface area contributed by atoms with Gasteiger partial charge in [-0.05, 0) is 35.9 Å². The van der Waals surface area contributed by atoms with Gasteiger partial charge >= 0.3 is 0 Å². The molecule has 0 atom stereocenters. The van der Waals surface area contributed by atoms with Crippen LogP contribution in [0, 0.1) is 0 Å². The minimum Gasteiger partial charge on any atom is -0.493 e. The quantitative estimate of drug-likeness (QED) is 0.534. The molecule has 0 aliphatic carbocycles. The Morgan fingerprint density at radius 3 is 3.07 bits per heavy atom. The van der Waals surface area contributed by atoms with Crippen LogP contribution >= 0.6 is 11.3 Å². The highest BCUT2D eigenvalue weighted by atomic mass is 32.1. The van der Waals surface area contributed by atoms with Crippen molar-refractivity contribution in [1.29, 1.82) is 0 Å². The molecule has 0 unspecified atom stereocenters. The Morgan fingerprint density at radius 2 is 2.13 bits per heavy atom. The molecule has 5 rings (SSSR count). The Labute approximate surface area is 175 Å². The van der Waals surface area contributed by atoms with Crippen LogP contribution in [0.2, 0.25) is 0 Å². The van der Waals surface area contributed by atoms with Crippen molar-refractivity contribution in [1.82, 2.24) is 20.0 Å². The van der Waals surface area contributed by atoms with Gasteiger partial charge in [-0.2, -0.15) is 0 Å². The molecule has 1 N–H and O–H groups in total. The Morgan fingerprint density at radius 1 is 1.23 bits per heavy atom. The molecule has 1 aliphatic heterocycles. The number of amides is 1. The van der Waals surface area contributed by atoms with Gasteiger partial charge in [0.25, 0.3) is 5.56 Å². The molecule has 0 radical (unpaired) electrons. The van der Waals surface area contributed by atoms with E-state index in [9.17, 15) is 9.59 Å². The Kier molecular flexibility index (Phi) is 4.72. The summed E-state index contributed by atoms with van der Waals surface area (Å²) in [5.74, 6) is 0.689. The van der Waals surface area contributed by atoms with E-state index in [1.165, 1.54) is 21.6 Å². The summed E-state index contributed by atoms with van der Waals surface area (Å²) in [6, 6.07) is 13.0. The van der Waals surface area contributed by atoms with Crippen molar-refractivity contribution in [2.45, 2.75) is 19.4 Å². The molecule has 0 saturated heterocycles. The van der Waals surface area contributed by atoms with E-state index in [1.807, 2.05) is 17.5 Å². The lowest BCUT2D eigenvalue weighted by Crippen LogP contribution is -2.26. The van der Waals surface area contributed by atoms with E-state index in [0.717, 1.165) is 23.4 Å². The van der Waals surface area contributed by atoms with Crippen LogP contribution in [0.4, 0.5) is 5.13 Å². The topological polar surface area (TPSA) is 99.0 Å². The molecule has 8 nitrogen and oxygen atoms in total. The van der Waals surface area contributed by atoms with Gasteiger partial charge < -0.3 is 10.1 Å². The molecule has 9 heteroatoms. The van der Waals surface area contributed by atoms with Gasteiger partial charge in [0, 0.05) is 23.8 Å².